The summed E-state index contributed by atoms with van der Waals surface area (Å²) in [4.78, 5) is 45.1. The SMILES string of the molecule is CCn1c(=O)c2c(nc(N3CCCCC3)n2Cc2c(F)cccc2Cl)n(CC(=O)OC)c1=O. The molecular weight excluding hydrogens is 453 g/mol. The Labute approximate surface area is 194 Å². The highest BCUT2D eigenvalue weighted by Crippen LogP contribution is 2.27. The van der Waals surface area contributed by atoms with Crippen molar-refractivity contribution in [2.75, 3.05) is 25.1 Å². The number of fused-ring (bicyclic) bond motifs is 1. The second-order valence-corrected chi connectivity index (χ2v) is 8.32. The smallest absolute Gasteiger partial charge is 0.333 e. The first-order valence-electron chi connectivity index (χ1n) is 10.9. The first-order valence-corrected chi connectivity index (χ1v) is 11.2. The van der Waals surface area contributed by atoms with Gasteiger partial charge >= 0.3 is 11.7 Å². The molecule has 0 amide bonds. The summed E-state index contributed by atoms with van der Waals surface area (Å²) >= 11 is 6.29. The number of anilines is 1. The summed E-state index contributed by atoms with van der Waals surface area (Å²) in [6, 6.07) is 4.40. The van der Waals surface area contributed by atoms with E-state index in [2.05, 4.69) is 4.98 Å². The lowest BCUT2D eigenvalue weighted by molar-refractivity contribution is -0.141. The number of nitrogens with zero attached hydrogens (tertiary/aromatic N) is 5. The van der Waals surface area contributed by atoms with Crippen LogP contribution in [0, 0.1) is 5.82 Å². The van der Waals surface area contributed by atoms with E-state index < -0.39 is 29.6 Å². The van der Waals surface area contributed by atoms with Gasteiger partial charge in [-0.3, -0.25) is 23.3 Å². The average molecular weight is 478 g/mol. The van der Waals surface area contributed by atoms with Crippen LogP contribution < -0.4 is 16.1 Å². The van der Waals surface area contributed by atoms with Crippen molar-refractivity contribution in [2.45, 2.75) is 45.8 Å². The number of halogens is 2. The number of esters is 1. The second kappa shape index (κ2) is 9.38. The lowest BCUT2D eigenvalue weighted by Gasteiger charge is -2.28. The molecular formula is C22H25ClFN5O4. The van der Waals surface area contributed by atoms with E-state index in [-0.39, 0.29) is 34.8 Å². The van der Waals surface area contributed by atoms with Crippen LogP contribution in [0.3, 0.4) is 0 Å². The number of rotatable bonds is 6. The van der Waals surface area contributed by atoms with Crippen molar-refractivity contribution in [1.82, 2.24) is 18.7 Å². The average Bonchev–Trinajstić information content (AvgIpc) is 3.19. The molecule has 2 aromatic heterocycles. The summed E-state index contributed by atoms with van der Waals surface area (Å²) in [6.45, 7) is 2.72. The normalized spacial score (nSPS) is 14.1. The molecule has 1 aliphatic heterocycles. The van der Waals surface area contributed by atoms with Crippen LogP contribution in [0.4, 0.5) is 10.3 Å². The van der Waals surface area contributed by atoms with Crippen molar-refractivity contribution in [3.05, 3.63) is 55.4 Å². The van der Waals surface area contributed by atoms with Gasteiger partial charge in [0.05, 0.1) is 13.7 Å². The van der Waals surface area contributed by atoms with Crippen LogP contribution in [0.2, 0.25) is 5.02 Å². The molecule has 33 heavy (non-hydrogen) atoms. The van der Waals surface area contributed by atoms with Crippen molar-refractivity contribution in [2.24, 2.45) is 0 Å². The Hall–Kier alpha value is -3.14. The van der Waals surface area contributed by atoms with Gasteiger partial charge in [0, 0.05) is 30.2 Å². The molecule has 0 spiro atoms. The fourth-order valence-electron chi connectivity index (χ4n) is 4.22. The number of ether oxygens (including phenoxy) is 1. The molecule has 1 saturated heterocycles. The maximum atomic E-state index is 14.7. The van der Waals surface area contributed by atoms with Crippen LogP contribution in [0.15, 0.2) is 27.8 Å². The Morgan fingerprint density at radius 3 is 2.52 bits per heavy atom. The molecule has 1 aromatic carbocycles. The van der Waals surface area contributed by atoms with Gasteiger partial charge in [0.1, 0.15) is 12.4 Å². The highest BCUT2D eigenvalue weighted by atomic mass is 35.5. The Bertz CT molecular complexity index is 1300. The maximum absolute atomic E-state index is 14.7. The predicted octanol–water partition coefficient (Wildman–Crippen LogP) is 2.38. The molecule has 3 heterocycles. The second-order valence-electron chi connectivity index (χ2n) is 7.91. The molecule has 1 aliphatic rings. The molecule has 0 bridgehead atoms. The highest BCUT2D eigenvalue weighted by molar-refractivity contribution is 6.31. The summed E-state index contributed by atoms with van der Waals surface area (Å²) in [7, 11) is 1.22. The summed E-state index contributed by atoms with van der Waals surface area (Å²) in [5.41, 5.74) is -0.820. The van der Waals surface area contributed by atoms with Gasteiger partial charge in [-0.2, -0.15) is 4.98 Å². The number of carbonyl (C=O) groups excluding carboxylic acids is 1. The zero-order chi connectivity index (χ0) is 23.7. The first kappa shape index (κ1) is 23.0. The number of piperidine rings is 1. The lowest BCUT2D eigenvalue weighted by Crippen LogP contribution is -2.41. The van der Waals surface area contributed by atoms with E-state index in [4.69, 9.17) is 16.3 Å². The van der Waals surface area contributed by atoms with Gasteiger partial charge in [-0.25, -0.2) is 9.18 Å². The number of benzene rings is 1. The third kappa shape index (κ3) is 4.15. The van der Waals surface area contributed by atoms with E-state index in [0.29, 0.717) is 19.0 Å². The van der Waals surface area contributed by atoms with Gasteiger partial charge in [-0.15, -0.1) is 0 Å². The molecule has 0 aliphatic carbocycles. The van der Waals surface area contributed by atoms with Crippen molar-refractivity contribution in [3.8, 4) is 0 Å². The Morgan fingerprint density at radius 1 is 1.15 bits per heavy atom. The van der Waals surface area contributed by atoms with E-state index in [1.54, 1.807) is 17.6 Å². The molecule has 0 atom stereocenters. The zero-order valence-electron chi connectivity index (χ0n) is 18.5. The first-order chi connectivity index (χ1) is 15.9. The monoisotopic (exact) mass is 477 g/mol. The molecule has 0 unspecified atom stereocenters. The molecule has 176 valence electrons. The van der Waals surface area contributed by atoms with Gasteiger partial charge in [-0.1, -0.05) is 17.7 Å². The highest BCUT2D eigenvalue weighted by Gasteiger charge is 2.27. The standard InChI is InChI=1S/C22H25ClFN5O4/c1-3-27-20(31)18-19(29(22(27)32)13-17(30)33-2)25-21(26-10-5-4-6-11-26)28(18)12-14-15(23)8-7-9-16(14)24/h7-9H,3-6,10-13H2,1-2H3. The number of carbonyl (C=O) groups is 1. The van der Waals surface area contributed by atoms with Gasteiger partial charge in [0.2, 0.25) is 5.95 Å². The number of hydrogen-bond donors (Lipinski definition) is 0. The lowest BCUT2D eigenvalue weighted by atomic mass is 10.1. The number of aromatic nitrogens is 4. The molecule has 0 radical (unpaired) electrons. The molecule has 11 heteroatoms. The van der Waals surface area contributed by atoms with E-state index in [9.17, 15) is 18.8 Å². The molecule has 9 nitrogen and oxygen atoms in total. The number of imidazole rings is 1. The largest absolute Gasteiger partial charge is 0.468 e. The summed E-state index contributed by atoms with van der Waals surface area (Å²) in [6.07, 6.45) is 2.96. The van der Waals surface area contributed by atoms with E-state index in [0.717, 1.165) is 28.4 Å². The molecule has 1 fully saturated rings. The van der Waals surface area contributed by atoms with Crippen molar-refractivity contribution >= 4 is 34.7 Å². The topological polar surface area (TPSA) is 91.4 Å². The van der Waals surface area contributed by atoms with Gasteiger partial charge in [0.15, 0.2) is 11.2 Å². The quantitative estimate of drug-likeness (QED) is 0.506. The van der Waals surface area contributed by atoms with Crippen LogP contribution in [0.5, 0.6) is 0 Å². The molecule has 3 aromatic rings. The predicted molar refractivity (Wildman–Crippen MR) is 123 cm³/mol. The summed E-state index contributed by atoms with van der Waals surface area (Å²) < 4.78 is 23.2. The van der Waals surface area contributed by atoms with Crippen LogP contribution in [0.1, 0.15) is 31.7 Å². The fraction of sp³-hybridized carbons (Fsp3) is 0.455. The Balaban J connectivity index is 2.04. The summed E-state index contributed by atoms with van der Waals surface area (Å²) in [5, 5.41) is 0.222. The molecule has 4 rings (SSSR count). The van der Waals surface area contributed by atoms with Crippen LogP contribution in [-0.4, -0.2) is 44.9 Å². The van der Waals surface area contributed by atoms with E-state index >= 15 is 0 Å². The van der Waals surface area contributed by atoms with Crippen molar-refractivity contribution in [1.29, 1.82) is 0 Å². The third-order valence-corrected chi connectivity index (χ3v) is 6.30. The van der Waals surface area contributed by atoms with Gasteiger partial charge < -0.3 is 9.64 Å². The van der Waals surface area contributed by atoms with Gasteiger partial charge in [0.25, 0.3) is 5.56 Å². The fourth-order valence-corrected chi connectivity index (χ4v) is 4.44. The summed E-state index contributed by atoms with van der Waals surface area (Å²) in [5.74, 6) is -0.716. The molecule has 0 saturated carbocycles. The van der Waals surface area contributed by atoms with E-state index in [1.165, 1.54) is 19.2 Å². The van der Waals surface area contributed by atoms with Crippen molar-refractivity contribution in [3.63, 3.8) is 0 Å². The van der Waals surface area contributed by atoms with Crippen molar-refractivity contribution < 1.29 is 13.9 Å². The van der Waals surface area contributed by atoms with Crippen LogP contribution in [0.25, 0.3) is 11.2 Å². The minimum atomic E-state index is -0.654. The van der Waals surface area contributed by atoms with E-state index in [1.807, 2.05) is 4.90 Å². The minimum absolute atomic E-state index is 0.0524. The zero-order valence-corrected chi connectivity index (χ0v) is 19.3. The molecule has 0 N–H and O–H groups in total. The van der Waals surface area contributed by atoms with Crippen LogP contribution in [-0.2, 0) is 29.2 Å². The maximum Gasteiger partial charge on any atom is 0.333 e. The minimum Gasteiger partial charge on any atom is -0.468 e. The Kier molecular flexibility index (Phi) is 6.55. The van der Waals surface area contributed by atoms with Gasteiger partial charge in [-0.05, 0) is 38.3 Å². The Morgan fingerprint density at radius 2 is 1.88 bits per heavy atom. The third-order valence-electron chi connectivity index (χ3n) is 5.94. The van der Waals surface area contributed by atoms with Crippen LogP contribution >= 0.6 is 11.6 Å². The number of methoxy groups -OCH3 is 1. The number of hydrogen-bond acceptors (Lipinski definition) is 6.